The smallest absolute Gasteiger partial charge is 0.326 e. The summed E-state index contributed by atoms with van der Waals surface area (Å²) in [5, 5.41) is 18.2. The molecule has 0 aliphatic rings. The second-order valence-corrected chi connectivity index (χ2v) is 9.83. The molecule has 0 spiro atoms. The van der Waals surface area contributed by atoms with Crippen LogP contribution in [0, 0.1) is 5.92 Å². The van der Waals surface area contributed by atoms with Gasteiger partial charge in [-0.3, -0.25) is 14.4 Å². The summed E-state index contributed by atoms with van der Waals surface area (Å²) in [5.74, 6) is -3.28. The van der Waals surface area contributed by atoms with Gasteiger partial charge in [-0.15, -0.1) is 0 Å². The number of hydrogen-bond acceptors (Lipinski definition) is 7. The molecule has 210 valence electrons. The number of amides is 3. The molecule has 0 aliphatic carbocycles. The minimum absolute atomic E-state index is 0.0615. The van der Waals surface area contributed by atoms with Gasteiger partial charge >= 0.3 is 5.97 Å². The van der Waals surface area contributed by atoms with Crippen LogP contribution in [0.1, 0.15) is 45.1 Å². The lowest BCUT2D eigenvalue weighted by molar-refractivity contribution is -0.143. The molecule has 2 rings (SSSR count). The van der Waals surface area contributed by atoms with E-state index in [-0.39, 0.29) is 18.1 Å². The van der Waals surface area contributed by atoms with Crippen molar-refractivity contribution in [3.63, 3.8) is 0 Å². The number of H-pyrrole nitrogens is 1. The number of aromatic amines is 1. The summed E-state index contributed by atoms with van der Waals surface area (Å²) in [7, 11) is 0. The number of carbonyl (C=O) groups excluding carboxylic acids is 3. The van der Waals surface area contributed by atoms with Gasteiger partial charge in [0.1, 0.15) is 18.1 Å². The van der Waals surface area contributed by atoms with Crippen LogP contribution >= 0.6 is 12.6 Å². The van der Waals surface area contributed by atoms with E-state index in [1.54, 1.807) is 6.92 Å². The van der Waals surface area contributed by atoms with E-state index in [2.05, 4.69) is 33.6 Å². The quantitative estimate of drug-likeness (QED) is 0.112. The van der Waals surface area contributed by atoms with Crippen molar-refractivity contribution in [1.29, 1.82) is 0 Å². The van der Waals surface area contributed by atoms with Crippen molar-refractivity contribution in [1.82, 2.24) is 20.9 Å². The summed E-state index contributed by atoms with van der Waals surface area (Å²) in [5.41, 5.74) is 13.6. The first-order chi connectivity index (χ1) is 18.1. The van der Waals surface area contributed by atoms with E-state index in [0.717, 1.165) is 16.5 Å². The highest BCUT2D eigenvalue weighted by Gasteiger charge is 2.31. The molecule has 38 heavy (non-hydrogen) atoms. The fourth-order valence-electron chi connectivity index (χ4n) is 4.07. The van der Waals surface area contributed by atoms with E-state index >= 15 is 0 Å². The van der Waals surface area contributed by atoms with Crippen molar-refractivity contribution >= 4 is 47.2 Å². The zero-order chi connectivity index (χ0) is 28.2. The zero-order valence-electron chi connectivity index (χ0n) is 21.9. The Labute approximate surface area is 228 Å². The third-order valence-corrected chi connectivity index (χ3v) is 6.99. The first-order valence-corrected chi connectivity index (χ1v) is 13.5. The number of nitrogens with one attached hydrogen (secondary N) is 4. The van der Waals surface area contributed by atoms with Crippen LogP contribution in [0.15, 0.2) is 30.5 Å². The summed E-state index contributed by atoms with van der Waals surface area (Å²) in [6.45, 7) is 3.97. The van der Waals surface area contributed by atoms with E-state index in [4.69, 9.17) is 11.5 Å². The van der Waals surface area contributed by atoms with Crippen molar-refractivity contribution in [3.8, 4) is 0 Å². The van der Waals surface area contributed by atoms with Gasteiger partial charge in [-0.25, -0.2) is 4.79 Å². The van der Waals surface area contributed by atoms with Crippen LogP contribution in [0.2, 0.25) is 0 Å². The molecular formula is C26H40N6O5S. The van der Waals surface area contributed by atoms with Crippen molar-refractivity contribution in [2.45, 2.75) is 70.1 Å². The molecule has 0 saturated carbocycles. The Balaban J connectivity index is 2.08. The summed E-state index contributed by atoms with van der Waals surface area (Å²) in [6, 6.07) is 3.62. The summed E-state index contributed by atoms with van der Waals surface area (Å²) >= 11 is 4.16. The van der Waals surface area contributed by atoms with Crippen LogP contribution in [0.25, 0.3) is 10.9 Å². The maximum Gasteiger partial charge on any atom is 0.326 e. The summed E-state index contributed by atoms with van der Waals surface area (Å²) in [6.07, 6.45) is 4.12. The highest BCUT2D eigenvalue weighted by Crippen LogP contribution is 2.19. The van der Waals surface area contributed by atoms with Crippen molar-refractivity contribution in [2.75, 3.05) is 12.3 Å². The van der Waals surface area contributed by atoms with Crippen molar-refractivity contribution in [2.24, 2.45) is 17.4 Å². The number of nitrogens with two attached hydrogens (primary N) is 2. The minimum atomic E-state index is -1.16. The molecule has 1 aromatic heterocycles. The predicted octanol–water partition coefficient (Wildman–Crippen LogP) is 0.682. The largest absolute Gasteiger partial charge is 0.480 e. The molecule has 5 unspecified atom stereocenters. The normalized spacial score (nSPS) is 15.2. The number of hydrogen-bond donors (Lipinski definition) is 8. The van der Waals surface area contributed by atoms with Crippen LogP contribution in [-0.4, -0.2) is 70.2 Å². The average molecular weight is 549 g/mol. The molecule has 0 bridgehead atoms. The SMILES string of the molecule is CCC(C)C(NC(=O)C(CS)NC(=O)C(CCCCN)NC(=O)C(N)Cc1c[nH]c2ccccc12)C(=O)O. The Bertz CT molecular complexity index is 1090. The van der Waals surface area contributed by atoms with E-state index in [1.807, 2.05) is 37.4 Å². The molecule has 1 aromatic carbocycles. The number of unbranched alkanes of at least 4 members (excludes halogenated alkanes) is 1. The number of thiol groups is 1. The molecule has 12 heteroatoms. The maximum absolute atomic E-state index is 13.1. The lowest BCUT2D eigenvalue weighted by Crippen LogP contribution is -2.58. The fraction of sp³-hybridized carbons (Fsp3) is 0.538. The highest BCUT2D eigenvalue weighted by molar-refractivity contribution is 7.80. The Morgan fingerprint density at radius 3 is 2.32 bits per heavy atom. The van der Waals surface area contributed by atoms with Crippen molar-refractivity contribution in [3.05, 3.63) is 36.0 Å². The first kappa shape index (κ1) is 31.1. The Morgan fingerprint density at radius 1 is 1.03 bits per heavy atom. The van der Waals surface area contributed by atoms with E-state index in [1.165, 1.54) is 0 Å². The fourth-order valence-corrected chi connectivity index (χ4v) is 4.33. The topological polar surface area (TPSA) is 192 Å². The number of para-hydroxylation sites is 1. The van der Waals surface area contributed by atoms with E-state index in [0.29, 0.717) is 32.2 Å². The number of carboxylic acids is 1. The molecule has 5 atom stereocenters. The standard InChI is InChI=1S/C26H40N6O5S/c1-3-15(2)22(26(36)37)32-25(35)21(14-38)31-24(34)20(10-6-7-11-27)30-23(33)18(28)12-16-13-29-19-9-5-4-8-17(16)19/h4-5,8-9,13,15,18,20-22,29,38H,3,6-7,10-12,14,27-28H2,1-2H3,(H,30,33)(H,31,34)(H,32,35)(H,36,37). The molecule has 0 radical (unpaired) electrons. The molecule has 3 amide bonds. The zero-order valence-corrected chi connectivity index (χ0v) is 22.8. The average Bonchev–Trinajstić information content (AvgIpc) is 3.31. The second kappa shape index (κ2) is 15.4. The van der Waals surface area contributed by atoms with Crippen LogP contribution < -0.4 is 27.4 Å². The van der Waals surface area contributed by atoms with Gasteiger partial charge in [0.05, 0.1) is 6.04 Å². The van der Waals surface area contributed by atoms with Crippen LogP contribution in [0.4, 0.5) is 0 Å². The molecule has 0 saturated heterocycles. The van der Waals surface area contributed by atoms with Gasteiger partial charge in [0.15, 0.2) is 0 Å². The summed E-state index contributed by atoms with van der Waals surface area (Å²) in [4.78, 5) is 53.6. The predicted molar refractivity (Wildman–Crippen MR) is 150 cm³/mol. The number of benzene rings is 1. The van der Waals surface area contributed by atoms with E-state index < -0.39 is 47.9 Å². The maximum atomic E-state index is 13.1. The van der Waals surface area contributed by atoms with Crippen LogP contribution in [-0.2, 0) is 25.6 Å². The van der Waals surface area contributed by atoms with Crippen LogP contribution in [0.5, 0.6) is 0 Å². The highest BCUT2D eigenvalue weighted by atomic mass is 32.1. The van der Waals surface area contributed by atoms with Gasteiger partial charge in [0.2, 0.25) is 17.7 Å². The molecule has 9 N–H and O–H groups in total. The van der Waals surface area contributed by atoms with E-state index in [9.17, 15) is 24.3 Å². The molecule has 11 nitrogen and oxygen atoms in total. The molecule has 2 aromatic rings. The molecule has 0 fully saturated rings. The van der Waals surface area contributed by atoms with Gasteiger partial charge in [-0.1, -0.05) is 38.5 Å². The Hall–Kier alpha value is -3.09. The molecule has 0 aliphatic heterocycles. The molecule has 1 heterocycles. The van der Waals surface area contributed by atoms with Gasteiger partial charge < -0.3 is 37.5 Å². The van der Waals surface area contributed by atoms with Gasteiger partial charge in [-0.2, -0.15) is 12.6 Å². The monoisotopic (exact) mass is 548 g/mol. The van der Waals surface area contributed by atoms with Crippen molar-refractivity contribution < 1.29 is 24.3 Å². The Kier molecular flexibility index (Phi) is 12.6. The lowest BCUT2D eigenvalue weighted by Gasteiger charge is -2.26. The van der Waals surface area contributed by atoms with Crippen LogP contribution in [0.3, 0.4) is 0 Å². The van der Waals surface area contributed by atoms with Gasteiger partial charge in [-0.05, 0) is 49.8 Å². The minimum Gasteiger partial charge on any atom is -0.480 e. The number of rotatable bonds is 16. The number of aliphatic carboxylic acids is 1. The number of carbonyl (C=O) groups is 4. The van der Waals surface area contributed by atoms with Gasteiger partial charge in [0, 0.05) is 22.9 Å². The number of carboxylic acid groups (broad SMARTS) is 1. The second-order valence-electron chi connectivity index (χ2n) is 9.47. The third kappa shape index (κ3) is 8.74. The third-order valence-electron chi connectivity index (χ3n) is 6.62. The number of aromatic nitrogens is 1. The Morgan fingerprint density at radius 2 is 1.68 bits per heavy atom. The lowest BCUT2D eigenvalue weighted by atomic mass is 9.99. The van der Waals surface area contributed by atoms with Gasteiger partial charge in [0.25, 0.3) is 0 Å². The molecular weight excluding hydrogens is 508 g/mol. The first-order valence-electron chi connectivity index (χ1n) is 12.9. The summed E-state index contributed by atoms with van der Waals surface area (Å²) < 4.78 is 0. The number of fused-ring (bicyclic) bond motifs is 1.